The van der Waals surface area contributed by atoms with Gasteiger partial charge in [0.1, 0.15) is 0 Å². The number of rotatable bonds is 3. The zero-order valence-electron chi connectivity index (χ0n) is 9.45. The fraction of sp³-hybridized carbons (Fsp3) is 0.154. The third kappa shape index (κ3) is 2.14. The third-order valence-corrected chi connectivity index (χ3v) is 3.92. The summed E-state index contributed by atoms with van der Waals surface area (Å²) in [5.74, 6) is 0. The number of aliphatic hydroxyl groups is 1. The maximum absolute atomic E-state index is 10.2. The fourth-order valence-corrected chi connectivity index (χ4v) is 2.91. The van der Waals surface area contributed by atoms with Crippen LogP contribution in [0.25, 0.3) is 4.96 Å². The molecule has 18 heavy (non-hydrogen) atoms. The summed E-state index contributed by atoms with van der Waals surface area (Å²) >= 11 is 7.64. The van der Waals surface area contributed by atoms with Crippen LogP contribution in [0.15, 0.2) is 42.0 Å². The Kier molecular flexibility index (Phi) is 3.07. The summed E-state index contributed by atoms with van der Waals surface area (Å²) in [4.78, 5) is 5.39. The van der Waals surface area contributed by atoms with Crippen molar-refractivity contribution in [1.29, 1.82) is 0 Å². The van der Waals surface area contributed by atoms with Crippen LogP contribution in [-0.4, -0.2) is 14.5 Å². The SMILES string of the molecule is OC(Cc1cn2ccsc2n1)c1ccccc1Cl. The van der Waals surface area contributed by atoms with Gasteiger partial charge in [-0.05, 0) is 11.6 Å². The highest BCUT2D eigenvalue weighted by Gasteiger charge is 2.14. The van der Waals surface area contributed by atoms with Gasteiger partial charge in [-0.1, -0.05) is 29.8 Å². The molecule has 0 saturated heterocycles. The van der Waals surface area contributed by atoms with Crippen molar-refractivity contribution in [3.63, 3.8) is 0 Å². The summed E-state index contributed by atoms with van der Waals surface area (Å²) in [6.45, 7) is 0. The van der Waals surface area contributed by atoms with E-state index in [0.717, 1.165) is 16.2 Å². The van der Waals surface area contributed by atoms with Gasteiger partial charge < -0.3 is 5.11 Å². The zero-order chi connectivity index (χ0) is 12.5. The molecule has 0 aliphatic heterocycles. The summed E-state index contributed by atoms with van der Waals surface area (Å²) in [5.41, 5.74) is 1.62. The molecular weight excluding hydrogens is 268 g/mol. The first kappa shape index (κ1) is 11.7. The van der Waals surface area contributed by atoms with E-state index in [1.807, 2.05) is 40.4 Å². The van der Waals surface area contributed by atoms with Crippen LogP contribution in [0.4, 0.5) is 0 Å². The Labute approximate surface area is 113 Å². The lowest BCUT2D eigenvalue weighted by atomic mass is 10.1. The van der Waals surface area contributed by atoms with E-state index < -0.39 is 6.10 Å². The summed E-state index contributed by atoms with van der Waals surface area (Å²) in [7, 11) is 0. The van der Waals surface area contributed by atoms with Gasteiger partial charge in [-0.2, -0.15) is 0 Å². The molecule has 1 N–H and O–H groups in total. The second-order valence-corrected chi connectivity index (χ2v) is 5.35. The Hall–Kier alpha value is -1.36. The molecule has 0 amide bonds. The predicted octanol–water partition coefficient (Wildman–Crippen LogP) is 3.33. The van der Waals surface area contributed by atoms with Crippen LogP contribution < -0.4 is 0 Å². The standard InChI is InChI=1S/C13H11ClN2OS/c14-11-4-2-1-3-10(11)12(17)7-9-8-16-5-6-18-13(16)15-9/h1-6,8,12,17H,7H2. The normalized spacial score (nSPS) is 13.0. The van der Waals surface area contributed by atoms with Crippen molar-refractivity contribution in [3.05, 3.63) is 58.3 Å². The van der Waals surface area contributed by atoms with Crippen molar-refractivity contribution in [2.45, 2.75) is 12.5 Å². The molecule has 1 unspecified atom stereocenters. The van der Waals surface area contributed by atoms with Gasteiger partial charge in [-0.25, -0.2) is 4.98 Å². The van der Waals surface area contributed by atoms with Crippen LogP contribution in [0.2, 0.25) is 5.02 Å². The average molecular weight is 279 g/mol. The highest BCUT2D eigenvalue weighted by molar-refractivity contribution is 7.15. The van der Waals surface area contributed by atoms with Crippen molar-refractivity contribution < 1.29 is 5.11 Å². The minimum atomic E-state index is -0.622. The monoisotopic (exact) mass is 278 g/mol. The molecule has 1 aromatic carbocycles. The van der Waals surface area contributed by atoms with E-state index in [4.69, 9.17) is 11.6 Å². The molecular formula is C13H11ClN2OS. The summed E-state index contributed by atoms with van der Waals surface area (Å²) < 4.78 is 1.96. The number of benzene rings is 1. The smallest absolute Gasteiger partial charge is 0.193 e. The first-order valence-corrected chi connectivity index (χ1v) is 6.83. The molecule has 92 valence electrons. The summed E-state index contributed by atoms with van der Waals surface area (Å²) in [6.07, 6.45) is 3.74. The van der Waals surface area contributed by atoms with E-state index >= 15 is 0 Å². The van der Waals surface area contributed by atoms with E-state index in [-0.39, 0.29) is 0 Å². The molecule has 2 heterocycles. The number of halogens is 1. The van der Waals surface area contributed by atoms with Crippen LogP contribution in [0, 0.1) is 0 Å². The van der Waals surface area contributed by atoms with Crippen molar-refractivity contribution in [3.8, 4) is 0 Å². The Balaban J connectivity index is 1.84. The van der Waals surface area contributed by atoms with E-state index in [1.54, 1.807) is 17.4 Å². The predicted molar refractivity (Wildman–Crippen MR) is 73.2 cm³/mol. The molecule has 1 atom stereocenters. The fourth-order valence-electron chi connectivity index (χ4n) is 1.93. The average Bonchev–Trinajstić information content (AvgIpc) is 2.90. The van der Waals surface area contributed by atoms with E-state index in [2.05, 4.69) is 4.98 Å². The molecule has 5 heteroatoms. The van der Waals surface area contributed by atoms with Gasteiger partial charge in [0.15, 0.2) is 4.96 Å². The highest BCUT2D eigenvalue weighted by Crippen LogP contribution is 2.25. The molecule has 0 aliphatic carbocycles. The minimum absolute atomic E-state index is 0.470. The topological polar surface area (TPSA) is 37.5 Å². The van der Waals surface area contributed by atoms with Gasteiger partial charge in [-0.15, -0.1) is 11.3 Å². The third-order valence-electron chi connectivity index (χ3n) is 2.81. The van der Waals surface area contributed by atoms with E-state index in [9.17, 15) is 5.11 Å². The van der Waals surface area contributed by atoms with Crippen molar-refractivity contribution in [1.82, 2.24) is 9.38 Å². The van der Waals surface area contributed by atoms with Gasteiger partial charge in [0.05, 0.1) is 11.8 Å². The van der Waals surface area contributed by atoms with Gasteiger partial charge >= 0.3 is 0 Å². The maximum Gasteiger partial charge on any atom is 0.193 e. The molecule has 0 radical (unpaired) electrons. The Morgan fingerprint density at radius 2 is 2.22 bits per heavy atom. The molecule has 0 spiro atoms. The highest BCUT2D eigenvalue weighted by atomic mass is 35.5. The maximum atomic E-state index is 10.2. The first-order chi connectivity index (χ1) is 8.74. The second kappa shape index (κ2) is 4.72. The minimum Gasteiger partial charge on any atom is -0.388 e. The lowest BCUT2D eigenvalue weighted by molar-refractivity contribution is 0.177. The molecule has 0 aliphatic rings. The second-order valence-electron chi connectivity index (χ2n) is 4.07. The number of fused-ring (bicyclic) bond motifs is 1. The van der Waals surface area contributed by atoms with Gasteiger partial charge in [-0.3, -0.25) is 4.40 Å². The molecule has 3 rings (SSSR count). The van der Waals surface area contributed by atoms with Crippen LogP contribution in [0.5, 0.6) is 0 Å². The van der Waals surface area contributed by atoms with Gasteiger partial charge in [0, 0.05) is 29.2 Å². The molecule has 0 bridgehead atoms. The number of aliphatic hydroxyl groups excluding tert-OH is 1. The summed E-state index contributed by atoms with van der Waals surface area (Å²) in [6, 6.07) is 7.35. The van der Waals surface area contributed by atoms with Gasteiger partial charge in [0.2, 0.25) is 0 Å². The van der Waals surface area contributed by atoms with Crippen LogP contribution in [0.3, 0.4) is 0 Å². The number of hydrogen-bond donors (Lipinski definition) is 1. The number of aromatic nitrogens is 2. The van der Waals surface area contributed by atoms with E-state index in [0.29, 0.717) is 11.4 Å². The van der Waals surface area contributed by atoms with Crippen molar-refractivity contribution >= 4 is 27.9 Å². The number of nitrogens with zero attached hydrogens (tertiary/aromatic N) is 2. The Bertz CT molecular complexity index is 648. The Morgan fingerprint density at radius 1 is 1.39 bits per heavy atom. The molecule has 0 saturated carbocycles. The van der Waals surface area contributed by atoms with Crippen molar-refractivity contribution in [2.24, 2.45) is 0 Å². The first-order valence-electron chi connectivity index (χ1n) is 5.57. The van der Waals surface area contributed by atoms with E-state index in [1.165, 1.54) is 0 Å². The van der Waals surface area contributed by atoms with Crippen LogP contribution in [-0.2, 0) is 6.42 Å². The van der Waals surface area contributed by atoms with Crippen LogP contribution in [0.1, 0.15) is 17.4 Å². The quantitative estimate of drug-likeness (QED) is 0.798. The number of hydrogen-bond acceptors (Lipinski definition) is 3. The molecule has 0 fully saturated rings. The zero-order valence-corrected chi connectivity index (χ0v) is 11.0. The lowest BCUT2D eigenvalue weighted by Crippen LogP contribution is -2.02. The summed E-state index contributed by atoms with van der Waals surface area (Å²) in [5, 5.41) is 12.8. The molecule has 3 nitrogen and oxygen atoms in total. The lowest BCUT2D eigenvalue weighted by Gasteiger charge is -2.10. The van der Waals surface area contributed by atoms with Crippen LogP contribution >= 0.6 is 22.9 Å². The number of thiazole rings is 1. The Morgan fingerprint density at radius 3 is 3.00 bits per heavy atom. The number of imidazole rings is 1. The van der Waals surface area contributed by atoms with Crippen molar-refractivity contribution in [2.75, 3.05) is 0 Å². The molecule has 2 aromatic heterocycles. The van der Waals surface area contributed by atoms with Gasteiger partial charge in [0.25, 0.3) is 0 Å². The largest absolute Gasteiger partial charge is 0.388 e. The molecule has 3 aromatic rings.